The molecule has 0 unspecified atom stereocenters. The molecule has 11 heteroatoms. The van der Waals surface area contributed by atoms with Crippen LogP contribution in [0.2, 0.25) is 0 Å². The number of carboxylic acid groups (broad SMARTS) is 3. The van der Waals surface area contributed by atoms with Crippen molar-refractivity contribution in [3.8, 4) is 0 Å². The predicted octanol–water partition coefficient (Wildman–Crippen LogP) is -0.838. The number of azide groups is 1. The molecule has 0 aromatic carbocycles. The molecule has 0 saturated carbocycles. The molecule has 0 aromatic rings. The number of hydrogen-bond acceptors (Lipinski definition) is 6. The van der Waals surface area contributed by atoms with Gasteiger partial charge in [-0.25, -0.2) is 9.59 Å². The molecular weight excluding hydrogens is 254 g/mol. The summed E-state index contributed by atoms with van der Waals surface area (Å²) in [6.45, 7) is -1.46. The van der Waals surface area contributed by atoms with Crippen LogP contribution in [0.5, 0.6) is 0 Å². The van der Waals surface area contributed by atoms with Crippen LogP contribution in [-0.4, -0.2) is 65.2 Å². The number of aliphatic hydroxyl groups excluding tert-OH is 1. The van der Waals surface area contributed by atoms with Crippen LogP contribution in [-0.2, 0) is 19.1 Å². The highest BCUT2D eigenvalue weighted by Crippen LogP contribution is 1.67. The van der Waals surface area contributed by atoms with E-state index in [-0.39, 0.29) is 6.61 Å². The molecule has 0 aliphatic heterocycles. The fourth-order valence-electron chi connectivity index (χ4n) is 0.216. The second-order valence-electron chi connectivity index (χ2n) is 2.16. The zero-order chi connectivity index (χ0) is 15.0. The molecule has 0 aliphatic rings. The van der Waals surface area contributed by atoms with E-state index in [4.69, 9.17) is 30.8 Å². The molecule has 0 fully saturated rings. The molecule has 0 bridgehead atoms. The molecule has 0 spiro atoms. The van der Waals surface area contributed by atoms with E-state index < -0.39 is 31.1 Å². The van der Waals surface area contributed by atoms with Crippen LogP contribution in [0.4, 0.5) is 0 Å². The normalized spacial score (nSPS) is 7.44. The Morgan fingerprint density at radius 1 is 1.17 bits per heavy atom. The van der Waals surface area contributed by atoms with E-state index in [2.05, 4.69) is 14.8 Å². The zero-order valence-electron chi connectivity index (χ0n) is 9.38. The predicted molar refractivity (Wildman–Crippen MR) is 55.9 cm³/mol. The van der Waals surface area contributed by atoms with Crippen LogP contribution in [0.1, 0.15) is 0 Å². The van der Waals surface area contributed by atoms with Crippen molar-refractivity contribution in [2.45, 2.75) is 0 Å². The number of carboxylic acids is 3. The zero-order valence-corrected chi connectivity index (χ0v) is 9.38. The Hall–Kier alpha value is -2.36. The van der Waals surface area contributed by atoms with Crippen molar-refractivity contribution < 1.29 is 39.5 Å². The quantitative estimate of drug-likeness (QED) is 0.281. The van der Waals surface area contributed by atoms with Gasteiger partial charge < -0.3 is 25.2 Å². The molecule has 0 rings (SSSR count). The Balaban J connectivity index is -0.000000190. The van der Waals surface area contributed by atoms with Gasteiger partial charge in [0.25, 0.3) is 0 Å². The minimum absolute atomic E-state index is 0.208. The Labute approximate surface area is 101 Å². The van der Waals surface area contributed by atoms with E-state index >= 15 is 0 Å². The van der Waals surface area contributed by atoms with Gasteiger partial charge in [-0.05, 0) is 5.53 Å². The van der Waals surface area contributed by atoms with Crippen molar-refractivity contribution in [2.75, 3.05) is 26.9 Å². The van der Waals surface area contributed by atoms with Crippen LogP contribution in [0.15, 0.2) is 5.11 Å². The molecule has 0 radical (unpaired) electrons. The monoisotopic (exact) mass is 267 g/mol. The largest absolute Gasteiger partial charge is 0.481 e. The topological polar surface area (TPSA) is 190 Å². The number of carbonyl (C=O) groups is 3. The number of hydrogen-bond donors (Lipinski definition) is 4. The lowest BCUT2D eigenvalue weighted by atomic mass is 10.7. The lowest BCUT2D eigenvalue weighted by Crippen LogP contribution is -2.02. The first kappa shape index (κ1) is 21.0. The number of nitrogens with zero attached hydrogens (tertiary/aromatic N) is 3. The second-order valence-corrected chi connectivity index (χ2v) is 2.16. The lowest BCUT2D eigenvalue weighted by Gasteiger charge is -1.83. The maximum absolute atomic E-state index is 9.49. The number of methoxy groups -OCH3 is 1. The summed E-state index contributed by atoms with van der Waals surface area (Å²) < 4.78 is 4.20. The van der Waals surface area contributed by atoms with Gasteiger partial charge >= 0.3 is 17.9 Å². The van der Waals surface area contributed by atoms with Crippen molar-refractivity contribution in [3.05, 3.63) is 10.4 Å². The van der Waals surface area contributed by atoms with Crippen LogP contribution in [0, 0.1) is 0 Å². The summed E-state index contributed by atoms with van der Waals surface area (Å²) in [5.74, 6) is -3.24. The summed E-state index contributed by atoms with van der Waals surface area (Å²) in [6.07, 6.45) is 0. The van der Waals surface area contributed by atoms with E-state index in [0.29, 0.717) is 0 Å². The van der Waals surface area contributed by atoms with E-state index in [1.165, 1.54) is 7.11 Å². The van der Waals surface area contributed by atoms with E-state index in [1.54, 1.807) is 0 Å². The highest BCUT2D eigenvalue weighted by Gasteiger charge is 1.88. The average molecular weight is 267 g/mol. The van der Waals surface area contributed by atoms with Crippen LogP contribution < -0.4 is 0 Å². The third-order valence-corrected chi connectivity index (χ3v) is 0.672. The van der Waals surface area contributed by atoms with Crippen molar-refractivity contribution >= 4 is 17.9 Å². The summed E-state index contributed by atoms with van der Waals surface area (Å²) in [5.41, 5.74) is 7.51. The summed E-state index contributed by atoms with van der Waals surface area (Å²) in [6, 6.07) is 0. The van der Waals surface area contributed by atoms with Gasteiger partial charge in [-0.15, -0.1) is 0 Å². The maximum Gasteiger partial charge on any atom is 0.329 e. The summed E-state index contributed by atoms with van der Waals surface area (Å²) >= 11 is 0. The third-order valence-electron chi connectivity index (χ3n) is 0.672. The standard InChI is InChI=1S/C3H6O3.C2H3N3O2.C2H4O3/c1-6-2-3(4)5;3-5-4-1-2(6)7;3-1-2(4)5/h2H2,1H3,(H,4,5);1H2,(H,6,7);3H,1H2,(H,4,5). The molecule has 0 heterocycles. The number of aliphatic hydroxyl groups is 1. The van der Waals surface area contributed by atoms with Gasteiger partial charge in [-0.2, -0.15) is 0 Å². The molecule has 0 aliphatic carbocycles. The van der Waals surface area contributed by atoms with Gasteiger partial charge in [0.05, 0.1) is 0 Å². The summed E-state index contributed by atoms with van der Waals surface area (Å²) in [5, 5.41) is 33.3. The Kier molecular flexibility index (Phi) is 19.9. The van der Waals surface area contributed by atoms with Gasteiger partial charge in [0, 0.05) is 12.0 Å². The second kappa shape index (κ2) is 17.0. The molecular formula is C7H13N3O8. The van der Waals surface area contributed by atoms with Crippen molar-refractivity contribution in [2.24, 2.45) is 5.11 Å². The van der Waals surface area contributed by atoms with Gasteiger partial charge in [-0.3, -0.25) is 4.79 Å². The summed E-state index contributed by atoms with van der Waals surface area (Å²) in [4.78, 5) is 30.3. The van der Waals surface area contributed by atoms with Gasteiger partial charge in [0.1, 0.15) is 19.8 Å². The Morgan fingerprint density at radius 3 is 1.67 bits per heavy atom. The van der Waals surface area contributed by atoms with Gasteiger partial charge in [0.2, 0.25) is 0 Å². The highest BCUT2D eigenvalue weighted by atomic mass is 16.5. The van der Waals surface area contributed by atoms with Crippen molar-refractivity contribution in [1.29, 1.82) is 0 Å². The molecule has 0 atom stereocenters. The first-order valence-electron chi connectivity index (χ1n) is 4.07. The number of aliphatic carboxylic acids is 3. The SMILES string of the molecule is COCC(=O)O.O=C(O)CO.[N-]=[N+]=NCC(=O)O. The third kappa shape index (κ3) is 49.4. The number of rotatable bonds is 5. The van der Waals surface area contributed by atoms with Gasteiger partial charge in [0.15, 0.2) is 0 Å². The number of ether oxygens (including phenoxy) is 1. The van der Waals surface area contributed by atoms with Crippen molar-refractivity contribution in [3.63, 3.8) is 0 Å². The van der Waals surface area contributed by atoms with E-state index in [1.807, 2.05) is 0 Å². The highest BCUT2D eigenvalue weighted by molar-refractivity contribution is 5.69. The Bertz CT molecular complexity index is 299. The molecule has 0 saturated heterocycles. The molecule has 0 amide bonds. The fourth-order valence-corrected chi connectivity index (χ4v) is 0.216. The minimum atomic E-state index is -1.19. The molecule has 104 valence electrons. The first-order valence-corrected chi connectivity index (χ1v) is 4.07. The lowest BCUT2D eigenvalue weighted by molar-refractivity contribution is -0.141. The Morgan fingerprint density at radius 2 is 1.61 bits per heavy atom. The molecule has 11 nitrogen and oxygen atoms in total. The molecule has 4 N–H and O–H groups in total. The van der Waals surface area contributed by atoms with E-state index in [9.17, 15) is 9.59 Å². The van der Waals surface area contributed by atoms with E-state index in [0.717, 1.165) is 0 Å². The average Bonchev–Trinajstić information content (AvgIpc) is 2.27. The maximum atomic E-state index is 9.49. The van der Waals surface area contributed by atoms with Crippen LogP contribution in [0.3, 0.4) is 0 Å². The fraction of sp³-hybridized carbons (Fsp3) is 0.571. The van der Waals surface area contributed by atoms with Crippen molar-refractivity contribution in [1.82, 2.24) is 0 Å². The molecule has 18 heavy (non-hydrogen) atoms. The first-order chi connectivity index (χ1) is 8.31. The van der Waals surface area contributed by atoms with Crippen LogP contribution in [0.25, 0.3) is 10.4 Å². The van der Waals surface area contributed by atoms with Crippen LogP contribution >= 0.6 is 0 Å². The summed E-state index contributed by atoms with van der Waals surface area (Å²) in [7, 11) is 1.34. The smallest absolute Gasteiger partial charge is 0.329 e. The minimum Gasteiger partial charge on any atom is -0.481 e. The van der Waals surface area contributed by atoms with Gasteiger partial charge in [-0.1, -0.05) is 5.11 Å². The molecule has 0 aromatic heterocycles.